The monoisotopic (exact) mass is 283 g/mol. The number of hydrogen-bond acceptors (Lipinski definition) is 4. The third kappa shape index (κ3) is 4.51. The molecule has 0 aromatic heterocycles. The quantitative estimate of drug-likeness (QED) is 0.806. The molecule has 19 heavy (non-hydrogen) atoms. The Morgan fingerprint density at radius 3 is 2.68 bits per heavy atom. The predicted octanol–water partition coefficient (Wildman–Crippen LogP) is 1.62. The second-order valence-electron chi connectivity index (χ2n) is 5.34. The van der Waals surface area contributed by atoms with Crippen molar-refractivity contribution in [2.75, 3.05) is 24.7 Å². The Morgan fingerprint density at radius 2 is 2.05 bits per heavy atom. The zero-order valence-electron chi connectivity index (χ0n) is 11.3. The highest BCUT2D eigenvalue weighted by atomic mass is 32.2. The largest absolute Gasteiger partial charge is 0.494 e. The summed E-state index contributed by atoms with van der Waals surface area (Å²) in [5.41, 5.74) is -0.258. The van der Waals surface area contributed by atoms with E-state index in [9.17, 15) is 8.42 Å². The van der Waals surface area contributed by atoms with Gasteiger partial charge in [0, 0.05) is 5.54 Å². The van der Waals surface area contributed by atoms with Crippen molar-refractivity contribution in [1.82, 2.24) is 5.32 Å². The van der Waals surface area contributed by atoms with Crippen molar-refractivity contribution in [3.8, 4) is 5.75 Å². The summed E-state index contributed by atoms with van der Waals surface area (Å²) in [6, 6.07) is 9.70. The van der Waals surface area contributed by atoms with Gasteiger partial charge in [0.1, 0.15) is 5.75 Å². The van der Waals surface area contributed by atoms with Crippen molar-refractivity contribution in [1.29, 1.82) is 0 Å². The lowest BCUT2D eigenvalue weighted by molar-refractivity contribution is 0.295. The van der Waals surface area contributed by atoms with E-state index in [1.54, 1.807) is 0 Å². The first-order valence-corrected chi connectivity index (χ1v) is 8.45. The topological polar surface area (TPSA) is 55.4 Å². The van der Waals surface area contributed by atoms with Crippen LogP contribution < -0.4 is 10.1 Å². The zero-order chi connectivity index (χ0) is 13.8. The fourth-order valence-corrected chi connectivity index (χ4v) is 4.44. The van der Waals surface area contributed by atoms with Crippen LogP contribution in [0.1, 0.15) is 19.8 Å². The molecule has 1 N–H and O–H groups in total. The minimum Gasteiger partial charge on any atom is -0.494 e. The third-order valence-electron chi connectivity index (χ3n) is 3.39. The van der Waals surface area contributed by atoms with Gasteiger partial charge in [-0.15, -0.1) is 0 Å². The molecular weight excluding hydrogens is 262 g/mol. The molecular formula is C14H21NO3S. The predicted molar refractivity (Wildman–Crippen MR) is 76.2 cm³/mol. The summed E-state index contributed by atoms with van der Waals surface area (Å²) in [6.07, 6.45) is 1.57. The van der Waals surface area contributed by atoms with Crippen LogP contribution in [-0.2, 0) is 9.84 Å². The lowest BCUT2D eigenvalue weighted by atomic mass is 10.0. The SMILES string of the molecule is CC1(NCCCOc2ccccc2)CCS(=O)(=O)C1. The number of ether oxygens (including phenoxy) is 1. The van der Waals surface area contributed by atoms with Gasteiger partial charge in [-0.05, 0) is 38.4 Å². The van der Waals surface area contributed by atoms with Crippen LogP contribution in [0.4, 0.5) is 0 Å². The van der Waals surface area contributed by atoms with Crippen LogP contribution in [0.25, 0.3) is 0 Å². The Bertz CT molecular complexity index is 501. The van der Waals surface area contributed by atoms with E-state index in [0.717, 1.165) is 18.7 Å². The Balaban J connectivity index is 1.65. The van der Waals surface area contributed by atoms with Crippen LogP contribution in [-0.4, -0.2) is 38.6 Å². The molecule has 106 valence electrons. The second-order valence-corrected chi connectivity index (χ2v) is 7.53. The van der Waals surface area contributed by atoms with Crippen molar-refractivity contribution in [3.05, 3.63) is 30.3 Å². The van der Waals surface area contributed by atoms with E-state index in [-0.39, 0.29) is 11.3 Å². The van der Waals surface area contributed by atoms with Crippen LogP contribution in [0.3, 0.4) is 0 Å². The standard InChI is InChI=1S/C14H21NO3S/c1-14(8-11-19(16,17)12-14)15-9-5-10-18-13-6-3-2-4-7-13/h2-4,6-7,15H,5,8-12H2,1H3. The van der Waals surface area contributed by atoms with Crippen LogP contribution in [0.5, 0.6) is 5.75 Å². The first-order valence-electron chi connectivity index (χ1n) is 6.62. The van der Waals surface area contributed by atoms with Crippen molar-refractivity contribution in [3.63, 3.8) is 0 Å². The van der Waals surface area contributed by atoms with Crippen LogP contribution in [0.2, 0.25) is 0 Å². The molecule has 2 rings (SSSR count). The minimum atomic E-state index is -2.83. The lowest BCUT2D eigenvalue weighted by Crippen LogP contribution is -2.44. The van der Waals surface area contributed by atoms with E-state index in [4.69, 9.17) is 4.74 Å². The molecule has 1 atom stereocenters. The average molecular weight is 283 g/mol. The molecule has 1 aromatic carbocycles. The molecule has 5 heteroatoms. The first kappa shape index (κ1) is 14.3. The summed E-state index contributed by atoms with van der Waals surface area (Å²) in [4.78, 5) is 0. The summed E-state index contributed by atoms with van der Waals surface area (Å²) in [7, 11) is -2.83. The maximum absolute atomic E-state index is 11.5. The molecule has 0 amide bonds. The van der Waals surface area contributed by atoms with Gasteiger partial charge in [0.2, 0.25) is 0 Å². The fourth-order valence-electron chi connectivity index (χ4n) is 2.32. The molecule has 1 aliphatic heterocycles. The van der Waals surface area contributed by atoms with Gasteiger partial charge in [0.25, 0.3) is 0 Å². The van der Waals surface area contributed by atoms with Gasteiger partial charge in [0.05, 0.1) is 18.1 Å². The van der Waals surface area contributed by atoms with E-state index in [1.807, 2.05) is 37.3 Å². The van der Waals surface area contributed by atoms with Gasteiger partial charge in [-0.2, -0.15) is 0 Å². The molecule has 1 heterocycles. The zero-order valence-corrected chi connectivity index (χ0v) is 12.1. The van der Waals surface area contributed by atoms with Gasteiger partial charge in [-0.25, -0.2) is 8.42 Å². The van der Waals surface area contributed by atoms with Gasteiger partial charge in [-0.1, -0.05) is 18.2 Å². The maximum atomic E-state index is 11.5. The van der Waals surface area contributed by atoms with Crippen molar-refractivity contribution in [2.45, 2.75) is 25.3 Å². The highest BCUT2D eigenvalue weighted by molar-refractivity contribution is 7.91. The highest BCUT2D eigenvalue weighted by Gasteiger charge is 2.37. The average Bonchev–Trinajstić information content (AvgIpc) is 2.65. The summed E-state index contributed by atoms with van der Waals surface area (Å²) < 4.78 is 28.5. The van der Waals surface area contributed by atoms with Crippen molar-refractivity contribution < 1.29 is 13.2 Å². The normalized spacial score (nSPS) is 25.3. The summed E-state index contributed by atoms with van der Waals surface area (Å²) in [6.45, 7) is 3.40. The van der Waals surface area contributed by atoms with E-state index in [1.165, 1.54) is 0 Å². The van der Waals surface area contributed by atoms with Crippen LogP contribution in [0, 0.1) is 0 Å². The molecule has 4 nitrogen and oxygen atoms in total. The third-order valence-corrected chi connectivity index (χ3v) is 5.29. The molecule has 0 aliphatic carbocycles. The van der Waals surface area contributed by atoms with Gasteiger partial charge in [-0.3, -0.25) is 0 Å². The Kier molecular flexibility index (Phi) is 4.47. The van der Waals surface area contributed by atoms with Gasteiger partial charge < -0.3 is 10.1 Å². The first-order chi connectivity index (χ1) is 8.99. The molecule has 1 saturated heterocycles. The van der Waals surface area contributed by atoms with Crippen LogP contribution in [0.15, 0.2) is 30.3 Å². The summed E-state index contributed by atoms with van der Waals surface area (Å²) in [5.74, 6) is 1.42. The smallest absolute Gasteiger partial charge is 0.152 e. The minimum absolute atomic E-state index is 0.250. The number of benzene rings is 1. The molecule has 0 spiro atoms. The highest BCUT2D eigenvalue weighted by Crippen LogP contribution is 2.22. The fraction of sp³-hybridized carbons (Fsp3) is 0.571. The Hall–Kier alpha value is -1.07. The van der Waals surface area contributed by atoms with Gasteiger partial charge in [0.15, 0.2) is 9.84 Å². The van der Waals surface area contributed by atoms with E-state index < -0.39 is 9.84 Å². The summed E-state index contributed by atoms with van der Waals surface area (Å²) in [5, 5.41) is 3.34. The molecule has 1 fully saturated rings. The summed E-state index contributed by atoms with van der Waals surface area (Å²) >= 11 is 0. The molecule has 1 unspecified atom stereocenters. The number of nitrogens with one attached hydrogen (secondary N) is 1. The lowest BCUT2D eigenvalue weighted by Gasteiger charge is -2.23. The molecule has 0 saturated carbocycles. The van der Waals surface area contributed by atoms with Crippen molar-refractivity contribution >= 4 is 9.84 Å². The van der Waals surface area contributed by atoms with Crippen molar-refractivity contribution in [2.24, 2.45) is 0 Å². The molecule has 1 aromatic rings. The second kappa shape index (κ2) is 5.92. The van der Waals surface area contributed by atoms with E-state index >= 15 is 0 Å². The maximum Gasteiger partial charge on any atom is 0.152 e. The van der Waals surface area contributed by atoms with Crippen LogP contribution >= 0.6 is 0 Å². The molecule has 0 radical (unpaired) electrons. The number of sulfone groups is 1. The van der Waals surface area contributed by atoms with E-state index in [2.05, 4.69) is 5.32 Å². The number of para-hydroxylation sites is 1. The molecule has 0 bridgehead atoms. The van der Waals surface area contributed by atoms with Gasteiger partial charge >= 0.3 is 0 Å². The number of rotatable bonds is 6. The Morgan fingerprint density at radius 1 is 1.32 bits per heavy atom. The van der Waals surface area contributed by atoms with E-state index in [0.29, 0.717) is 18.8 Å². The molecule has 1 aliphatic rings. The Labute approximate surface area is 115 Å². The number of hydrogen-bond donors (Lipinski definition) is 1.